The number of rotatable bonds is 2. The molecule has 4 nitrogen and oxygen atoms in total. The molecule has 0 radical (unpaired) electrons. The van der Waals surface area contributed by atoms with Crippen LogP contribution in [0.25, 0.3) is 0 Å². The number of aliphatic hydroxyl groups is 1. The molecule has 1 spiro atoms. The van der Waals surface area contributed by atoms with Crippen LogP contribution in [0.15, 0.2) is 0 Å². The molecule has 0 bridgehead atoms. The van der Waals surface area contributed by atoms with Crippen molar-refractivity contribution >= 4 is 0 Å². The van der Waals surface area contributed by atoms with Crippen LogP contribution in [0.1, 0.15) is 44.9 Å². The molecule has 2 saturated heterocycles. The highest BCUT2D eigenvalue weighted by atomic mass is 16.5. The molecular formula is C17H32N2O2. The van der Waals surface area contributed by atoms with Gasteiger partial charge < -0.3 is 14.7 Å². The van der Waals surface area contributed by atoms with Crippen LogP contribution in [0, 0.1) is 5.92 Å². The van der Waals surface area contributed by atoms with Crippen LogP contribution in [-0.4, -0.2) is 73.0 Å². The summed E-state index contributed by atoms with van der Waals surface area (Å²) in [5.74, 6) is 0.413. The minimum atomic E-state index is -0.211. The Kier molecular flexibility index (Phi) is 4.89. The van der Waals surface area contributed by atoms with Crippen LogP contribution in [0.2, 0.25) is 0 Å². The van der Waals surface area contributed by atoms with E-state index in [1.54, 1.807) is 0 Å². The van der Waals surface area contributed by atoms with Crippen molar-refractivity contribution in [3.05, 3.63) is 0 Å². The summed E-state index contributed by atoms with van der Waals surface area (Å²) >= 11 is 0. The molecule has 3 rings (SSSR count). The topological polar surface area (TPSA) is 35.9 Å². The molecule has 0 aromatic carbocycles. The third-order valence-corrected chi connectivity index (χ3v) is 6.04. The van der Waals surface area contributed by atoms with E-state index in [1.165, 1.54) is 32.1 Å². The summed E-state index contributed by atoms with van der Waals surface area (Å²) in [5, 5.41) is 11.0. The summed E-state index contributed by atoms with van der Waals surface area (Å²) < 4.78 is 6.13. The number of hydrogen-bond donors (Lipinski definition) is 1. The fraction of sp³-hybridized carbons (Fsp3) is 1.00. The Bertz CT molecular complexity index is 344. The molecule has 0 amide bonds. The van der Waals surface area contributed by atoms with Gasteiger partial charge in [0.1, 0.15) is 0 Å². The molecule has 3 atom stereocenters. The van der Waals surface area contributed by atoms with Gasteiger partial charge in [0.05, 0.1) is 11.7 Å². The lowest BCUT2D eigenvalue weighted by molar-refractivity contribution is -0.122. The summed E-state index contributed by atoms with van der Waals surface area (Å²) in [6.07, 6.45) is 8.10. The van der Waals surface area contributed by atoms with E-state index in [2.05, 4.69) is 23.9 Å². The van der Waals surface area contributed by atoms with Crippen molar-refractivity contribution in [2.24, 2.45) is 5.92 Å². The van der Waals surface area contributed by atoms with E-state index < -0.39 is 0 Å². The maximum atomic E-state index is 11.0. The monoisotopic (exact) mass is 296 g/mol. The van der Waals surface area contributed by atoms with Crippen LogP contribution < -0.4 is 0 Å². The van der Waals surface area contributed by atoms with Crippen molar-refractivity contribution in [2.75, 3.05) is 40.3 Å². The van der Waals surface area contributed by atoms with Crippen molar-refractivity contribution in [1.29, 1.82) is 0 Å². The predicted octanol–water partition coefficient (Wildman–Crippen LogP) is 1.72. The standard InChI is InChI=1S/C17H32N2O2/c1-18-9-5-10-19(2)15(13-18)16(20)14-6-11-21-17(12-14)7-3-4-8-17/h14-16,20H,3-13H2,1-2H3. The number of aliphatic hydroxyl groups excluding tert-OH is 1. The molecule has 0 aromatic rings. The Morgan fingerprint density at radius 1 is 1.14 bits per heavy atom. The maximum Gasteiger partial charge on any atom is 0.0737 e. The van der Waals surface area contributed by atoms with Crippen LogP contribution in [0.3, 0.4) is 0 Å². The molecule has 122 valence electrons. The van der Waals surface area contributed by atoms with Gasteiger partial charge in [0, 0.05) is 19.2 Å². The second-order valence-electron chi connectivity index (χ2n) is 7.65. The highest BCUT2D eigenvalue weighted by Gasteiger charge is 2.43. The smallest absolute Gasteiger partial charge is 0.0737 e. The van der Waals surface area contributed by atoms with Gasteiger partial charge in [0.25, 0.3) is 0 Å². The third-order valence-electron chi connectivity index (χ3n) is 6.04. The molecule has 2 heterocycles. The summed E-state index contributed by atoms with van der Waals surface area (Å²) in [7, 11) is 4.36. The molecule has 1 saturated carbocycles. The van der Waals surface area contributed by atoms with Gasteiger partial charge in [-0.1, -0.05) is 12.8 Å². The van der Waals surface area contributed by atoms with Crippen molar-refractivity contribution in [1.82, 2.24) is 9.80 Å². The van der Waals surface area contributed by atoms with Gasteiger partial charge in [-0.05, 0) is 65.2 Å². The zero-order chi connectivity index (χ0) is 14.9. The van der Waals surface area contributed by atoms with E-state index in [4.69, 9.17) is 4.74 Å². The van der Waals surface area contributed by atoms with E-state index >= 15 is 0 Å². The molecule has 1 aliphatic carbocycles. The molecule has 4 heteroatoms. The van der Waals surface area contributed by atoms with E-state index in [9.17, 15) is 5.11 Å². The second kappa shape index (κ2) is 6.53. The second-order valence-corrected chi connectivity index (χ2v) is 7.65. The van der Waals surface area contributed by atoms with Gasteiger partial charge >= 0.3 is 0 Å². The lowest BCUT2D eigenvalue weighted by Gasteiger charge is -2.43. The summed E-state index contributed by atoms with van der Waals surface area (Å²) in [6, 6.07) is 0.277. The fourth-order valence-electron chi connectivity index (χ4n) is 4.71. The van der Waals surface area contributed by atoms with E-state index in [-0.39, 0.29) is 17.7 Å². The van der Waals surface area contributed by atoms with Crippen LogP contribution >= 0.6 is 0 Å². The number of nitrogens with zero attached hydrogens (tertiary/aromatic N) is 2. The predicted molar refractivity (Wildman–Crippen MR) is 84.4 cm³/mol. The minimum absolute atomic E-state index is 0.110. The molecule has 3 aliphatic rings. The number of hydrogen-bond acceptors (Lipinski definition) is 4. The Balaban J connectivity index is 1.66. The Morgan fingerprint density at radius 3 is 2.67 bits per heavy atom. The lowest BCUT2D eigenvalue weighted by atomic mass is 9.79. The Labute approximate surface area is 129 Å². The first-order chi connectivity index (χ1) is 10.1. The minimum Gasteiger partial charge on any atom is -0.391 e. The molecular weight excluding hydrogens is 264 g/mol. The van der Waals surface area contributed by atoms with E-state index in [0.29, 0.717) is 5.92 Å². The average molecular weight is 296 g/mol. The van der Waals surface area contributed by atoms with Gasteiger partial charge in [-0.15, -0.1) is 0 Å². The van der Waals surface area contributed by atoms with Gasteiger partial charge in [-0.3, -0.25) is 4.90 Å². The van der Waals surface area contributed by atoms with E-state index in [0.717, 1.165) is 39.1 Å². The quantitative estimate of drug-likeness (QED) is 0.842. The van der Waals surface area contributed by atoms with E-state index in [1.807, 2.05) is 0 Å². The van der Waals surface area contributed by atoms with Crippen molar-refractivity contribution in [2.45, 2.75) is 62.7 Å². The Hall–Kier alpha value is -0.160. The van der Waals surface area contributed by atoms with Crippen molar-refractivity contribution in [3.63, 3.8) is 0 Å². The molecule has 0 aromatic heterocycles. The molecule has 1 N–H and O–H groups in total. The first kappa shape index (κ1) is 15.7. The fourth-order valence-corrected chi connectivity index (χ4v) is 4.71. The molecule has 3 fully saturated rings. The highest BCUT2D eigenvalue weighted by Crippen LogP contribution is 2.43. The SMILES string of the molecule is CN1CCCN(C)C(C(O)C2CCOC3(CCCC3)C2)C1. The third kappa shape index (κ3) is 3.44. The van der Waals surface area contributed by atoms with Gasteiger partial charge in [0.15, 0.2) is 0 Å². The first-order valence-electron chi connectivity index (χ1n) is 8.80. The lowest BCUT2D eigenvalue weighted by Crippen LogP contribution is -2.52. The highest BCUT2D eigenvalue weighted by molar-refractivity contribution is 4.96. The number of ether oxygens (including phenoxy) is 1. The first-order valence-corrected chi connectivity index (χ1v) is 8.80. The maximum absolute atomic E-state index is 11.0. The number of likely N-dealkylation sites (N-methyl/N-ethyl adjacent to an activating group) is 2. The van der Waals surface area contributed by atoms with Crippen LogP contribution in [0.4, 0.5) is 0 Å². The average Bonchev–Trinajstić information content (AvgIpc) is 2.84. The largest absolute Gasteiger partial charge is 0.391 e. The van der Waals surface area contributed by atoms with Crippen LogP contribution in [0.5, 0.6) is 0 Å². The summed E-state index contributed by atoms with van der Waals surface area (Å²) in [4.78, 5) is 4.76. The zero-order valence-corrected chi connectivity index (χ0v) is 13.8. The van der Waals surface area contributed by atoms with Crippen LogP contribution in [-0.2, 0) is 4.74 Å². The zero-order valence-electron chi connectivity index (χ0n) is 13.8. The van der Waals surface area contributed by atoms with Gasteiger partial charge in [-0.2, -0.15) is 0 Å². The van der Waals surface area contributed by atoms with Crippen molar-refractivity contribution < 1.29 is 9.84 Å². The molecule has 21 heavy (non-hydrogen) atoms. The van der Waals surface area contributed by atoms with Gasteiger partial charge in [-0.25, -0.2) is 0 Å². The molecule has 2 aliphatic heterocycles. The summed E-state index contributed by atoms with van der Waals surface area (Å²) in [6.45, 7) is 4.07. The van der Waals surface area contributed by atoms with Crippen molar-refractivity contribution in [3.8, 4) is 0 Å². The molecule has 3 unspecified atom stereocenters. The van der Waals surface area contributed by atoms with Gasteiger partial charge in [0.2, 0.25) is 0 Å². The Morgan fingerprint density at radius 2 is 1.90 bits per heavy atom. The summed E-state index contributed by atoms with van der Waals surface area (Å²) in [5.41, 5.74) is 0.110. The normalized spacial score (nSPS) is 36.7.